The molecule has 17 heavy (non-hydrogen) atoms. The van der Waals surface area contributed by atoms with Crippen LogP contribution in [0.4, 0.5) is 13.2 Å². The molecule has 1 fully saturated rings. The van der Waals surface area contributed by atoms with Crippen LogP contribution in [0.15, 0.2) is 12.1 Å². The van der Waals surface area contributed by atoms with Gasteiger partial charge in [-0.05, 0) is 6.07 Å². The molecular weight excluding hydrogens is 235 g/mol. The van der Waals surface area contributed by atoms with Crippen molar-refractivity contribution in [1.29, 1.82) is 0 Å². The predicted octanol–water partition coefficient (Wildman–Crippen LogP) is 0.850. The molecule has 0 unspecified atom stereocenters. The highest BCUT2D eigenvalue weighted by atomic mass is 19.2. The number of halogens is 3. The number of hydrogen-bond acceptors (Lipinski definition) is 2. The smallest absolute Gasteiger partial charge is 0.227 e. The fourth-order valence-corrected chi connectivity index (χ4v) is 1.63. The second-order valence-corrected chi connectivity index (χ2v) is 3.99. The molecular formula is C11H10F3NO2. The highest BCUT2D eigenvalue weighted by molar-refractivity contribution is 5.79. The van der Waals surface area contributed by atoms with Crippen LogP contribution in [0, 0.1) is 17.5 Å². The van der Waals surface area contributed by atoms with Gasteiger partial charge in [0.1, 0.15) is 5.82 Å². The average molecular weight is 245 g/mol. The van der Waals surface area contributed by atoms with E-state index in [-0.39, 0.29) is 25.1 Å². The van der Waals surface area contributed by atoms with Crippen LogP contribution in [0.5, 0.6) is 0 Å². The topological polar surface area (TPSA) is 40.5 Å². The number of carbonyl (C=O) groups is 1. The number of likely N-dealkylation sites (tertiary alicyclic amines) is 1. The molecule has 1 aromatic carbocycles. The molecule has 0 bridgehead atoms. The standard InChI is InChI=1S/C11H10F3NO2/c12-8-3-10(14)9(13)1-6(8)2-11(17)15-4-7(16)5-15/h1,3,7,16H,2,4-5H2. The van der Waals surface area contributed by atoms with E-state index in [1.807, 2.05) is 0 Å². The van der Waals surface area contributed by atoms with E-state index in [9.17, 15) is 18.0 Å². The van der Waals surface area contributed by atoms with E-state index in [0.717, 1.165) is 0 Å². The summed E-state index contributed by atoms with van der Waals surface area (Å²) in [4.78, 5) is 12.8. The third-order valence-corrected chi connectivity index (χ3v) is 2.65. The van der Waals surface area contributed by atoms with Gasteiger partial charge in [0.25, 0.3) is 0 Å². The largest absolute Gasteiger partial charge is 0.389 e. The van der Waals surface area contributed by atoms with Crippen LogP contribution in [-0.4, -0.2) is 35.1 Å². The van der Waals surface area contributed by atoms with E-state index >= 15 is 0 Å². The van der Waals surface area contributed by atoms with Crippen molar-refractivity contribution in [3.05, 3.63) is 35.1 Å². The van der Waals surface area contributed by atoms with Crippen molar-refractivity contribution >= 4 is 5.91 Å². The Kier molecular flexibility index (Phi) is 3.06. The van der Waals surface area contributed by atoms with Crippen molar-refractivity contribution < 1.29 is 23.1 Å². The minimum Gasteiger partial charge on any atom is -0.389 e. The van der Waals surface area contributed by atoms with Gasteiger partial charge in [-0.15, -0.1) is 0 Å². The van der Waals surface area contributed by atoms with E-state index in [0.29, 0.717) is 12.1 Å². The van der Waals surface area contributed by atoms with Gasteiger partial charge in [0.15, 0.2) is 11.6 Å². The molecule has 1 saturated heterocycles. The summed E-state index contributed by atoms with van der Waals surface area (Å²) in [6.07, 6.45) is -0.885. The molecule has 6 heteroatoms. The first-order chi connectivity index (χ1) is 7.97. The van der Waals surface area contributed by atoms with Crippen LogP contribution in [0.3, 0.4) is 0 Å². The summed E-state index contributed by atoms with van der Waals surface area (Å²) >= 11 is 0. The van der Waals surface area contributed by atoms with Gasteiger partial charge in [0, 0.05) is 24.7 Å². The summed E-state index contributed by atoms with van der Waals surface area (Å²) in [6, 6.07) is 1.10. The summed E-state index contributed by atoms with van der Waals surface area (Å²) in [5.41, 5.74) is -0.185. The molecule has 2 rings (SSSR count). The maximum absolute atomic E-state index is 13.2. The Morgan fingerprint density at radius 2 is 1.82 bits per heavy atom. The second-order valence-electron chi connectivity index (χ2n) is 3.99. The number of hydrogen-bond donors (Lipinski definition) is 1. The molecule has 0 spiro atoms. The van der Waals surface area contributed by atoms with Gasteiger partial charge >= 0.3 is 0 Å². The number of amides is 1. The summed E-state index contributed by atoms with van der Waals surface area (Å²) < 4.78 is 38.7. The Morgan fingerprint density at radius 3 is 2.41 bits per heavy atom. The zero-order valence-corrected chi connectivity index (χ0v) is 8.79. The third kappa shape index (κ3) is 2.41. The normalized spacial score (nSPS) is 15.9. The Labute approximate surface area is 95.5 Å². The zero-order valence-electron chi connectivity index (χ0n) is 8.79. The number of aliphatic hydroxyl groups excluding tert-OH is 1. The van der Waals surface area contributed by atoms with Crippen molar-refractivity contribution in [1.82, 2.24) is 4.90 Å². The van der Waals surface area contributed by atoms with Gasteiger partial charge in [-0.3, -0.25) is 4.79 Å². The van der Waals surface area contributed by atoms with Gasteiger partial charge in [0.2, 0.25) is 5.91 Å². The third-order valence-electron chi connectivity index (χ3n) is 2.65. The van der Waals surface area contributed by atoms with Crippen LogP contribution in [0.25, 0.3) is 0 Å². The number of carbonyl (C=O) groups excluding carboxylic acids is 1. The van der Waals surface area contributed by atoms with Crippen LogP contribution in [0.2, 0.25) is 0 Å². The van der Waals surface area contributed by atoms with E-state index in [4.69, 9.17) is 5.11 Å². The lowest BCUT2D eigenvalue weighted by Gasteiger charge is -2.35. The maximum atomic E-state index is 13.2. The van der Waals surface area contributed by atoms with Crippen molar-refractivity contribution in [3.8, 4) is 0 Å². The van der Waals surface area contributed by atoms with E-state index in [2.05, 4.69) is 0 Å². The van der Waals surface area contributed by atoms with Gasteiger partial charge in [-0.1, -0.05) is 0 Å². The number of rotatable bonds is 2. The molecule has 1 aliphatic heterocycles. The van der Waals surface area contributed by atoms with Crippen molar-refractivity contribution in [3.63, 3.8) is 0 Å². The van der Waals surface area contributed by atoms with E-state index in [1.165, 1.54) is 4.90 Å². The molecule has 1 N–H and O–H groups in total. The Bertz CT molecular complexity index is 458. The highest BCUT2D eigenvalue weighted by Crippen LogP contribution is 2.16. The molecule has 0 aliphatic carbocycles. The molecule has 1 aliphatic rings. The molecule has 1 amide bonds. The van der Waals surface area contributed by atoms with Crippen LogP contribution in [-0.2, 0) is 11.2 Å². The van der Waals surface area contributed by atoms with Crippen molar-refractivity contribution in [2.75, 3.05) is 13.1 Å². The number of nitrogens with zero attached hydrogens (tertiary/aromatic N) is 1. The lowest BCUT2D eigenvalue weighted by atomic mass is 10.1. The molecule has 1 heterocycles. The second kappa shape index (κ2) is 4.37. The van der Waals surface area contributed by atoms with Crippen LogP contribution in [0.1, 0.15) is 5.56 Å². The van der Waals surface area contributed by atoms with E-state index in [1.54, 1.807) is 0 Å². The maximum Gasteiger partial charge on any atom is 0.227 e. The van der Waals surface area contributed by atoms with Crippen LogP contribution < -0.4 is 0 Å². The molecule has 92 valence electrons. The van der Waals surface area contributed by atoms with Crippen LogP contribution >= 0.6 is 0 Å². The summed E-state index contributed by atoms with van der Waals surface area (Å²) in [6.45, 7) is 0.397. The van der Waals surface area contributed by atoms with Crippen molar-refractivity contribution in [2.45, 2.75) is 12.5 Å². The SMILES string of the molecule is O=C(Cc1cc(F)c(F)cc1F)N1CC(O)C1. The van der Waals surface area contributed by atoms with Gasteiger partial charge < -0.3 is 10.0 Å². The summed E-state index contributed by atoms with van der Waals surface area (Å²) in [7, 11) is 0. The number of aliphatic hydroxyl groups is 1. The lowest BCUT2D eigenvalue weighted by molar-refractivity contribution is -0.140. The van der Waals surface area contributed by atoms with Gasteiger partial charge in [0.05, 0.1) is 12.5 Å². The summed E-state index contributed by atoms with van der Waals surface area (Å²) in [5.74, 6) is -3.82. The Morgan fingerprint density at radius 1 is 1.24 bits per heavy atom. The Balaban J connectivity index is 2.08. The minimum atomic E-state index is -1.28. The fourth-order valence-electron chi connectivity index (χ4n) is 1.63. The first-order valence-electron chi connectivity index (χ1n) is 5.06. The molecule has 0 saturated carbocycles. The predicted molar refractivity (Wildman–Crippen MR) is 52.6 cm³/mol. The average Bonchev–Trinajstić information content (AvgIpc) is 2.21. The monoisotopic (exact) mass is 245 g/mol. The molecule has 3 nitrogen and oxygen atoms in total. The summed E-state index contributed by atoms with van der Waals surface area (Å²) in [5, 5.41) is 8.99. The quantitative estimate of drug-likeness (QED) is 0.785. The molecule has 0 atom stereocenters. The minimum absolute atomic E-state index is 0.185. The molecule has 0 radical (unpaired) electrons. The van der Waals surface area contributed by atoms with Crippen molar-refractivity contribution in [2.24, 2.45) is 0 Å². The molecule has 0 aromatic heterocycles. The number of β-amino-alcohol motifs (C(OH)–C–C–N with tert-alkyl or cyclic N) is 1. The lowest BCUT2D eigenvalue weighted by Crippen LogP contribution is -2.54. The van der Waals surface area contributed by atoms with Gasteiger partial charge in [-0.2, -0.15) is 0 Å². The number of benzene rings is 1. The Hall–Kier alpha value is -1.56. The first-order valence-corrected chi connectivity index (χ1v) is 5.06. The zero-order chi connectivity index (χ0) is 12.6. The highest BCUT2D eigenvalue weighted by Gasteiger charge is 2.29. The van der Waals surface area contributed by atoms with E-state index < -0.39 is 29.5 Å². The van der Waals surface area contributed by atoms with Gasteiger partial charge in [-0.25, -0.2) is 13.2 Å². The fraction of sp³-hybridized carbons (Fsp3) is 0.364. The first kappa shape index (κ1) is 11.9. The molecule has 1 aromatic rings.